The van der Waals surface area contributed by atoms with E-state index < -0.39 is 0 Å². The highest BCUT2D eigenvalue weighted by Gasteiger charge is 2.18. The van der Waals surface area contributed by atoms with Crippen LogP contribution in [0.3, 0.4) is 0 Å². The summed E-state index contributed by atoms with van der Waals surface area (Å²) in [4.78, 5) is 22.7. The van der Waals surface area contributed by atoms with Gasteiger partial charge in [-0.15, -0.1) is 0 Å². The van der Waals surface area contributed by atoms with Crippen molar-refractivity contribution in [3.63, 3.8) is 0 Å². The minimum Gasteiger partial charge on any atom is -0.495 e. The molecule has 1 aliphatic rings. The minimum atomic E-state index is 0.418. The standard InChI is InChI=1S/C27H30N8O2/c1-34-13-15-35(16-14-34)22-10-9-19(17-23(22)36-2)31-27-30-18-24(37-3)26(33-27)32-21-8-6-12-29-25(21)20-7-4-5-11-28-20/h4-12,17-18H,13-16H2,1-3H3,(H2,30,31,32,33). The lowest BCUT2D eigenvalue weighted by molar-refractivity contribution is 0.311. The summed E-state index contributed by atoms with van der Waals surface area (Å²) in [6.45, 7) is 3.98. The number of likely N-dealkylation sites (N-methyl/N-ethyl adjacent to an activating group) is 1. The third kappa shape index (κ3) is 5.54. The number of hydrogen-bond acceptors (Lipinski definition) is 10. The number of methoxy groups -OCH3 is 2. The lowest BCUT2D eigenvalue weighted by atomic mass is 10.2. The second kappa shape index (κ2) is 11.1. The van der Waals surface area contributed by atoms with E-state index in [9.17, 15) is 0 Å². The van der Waals surface area contributed by atoms with Crippen molar-refractivity contribution in [1.82, 2.24) is 24.8 Å². The molecule has 5 rings (SSSR count). The van der Waals surface area contributed by atoms with Crippen LogP contribution in [-0.2, 0) is 0 Å². The lowest BCUT2D eigenvalue weighted by Crippen LogP contribution is -2.44. The van der Waals surface area contributed by atoms with Crippen molar-refractivity contribution in [1.29, 1.82) is 0 Å². The zero-order valence-corrected chi connectivity index (χ0v) is 21.2. The van der Waals surface area contributed by atoms with Gasteiger partial charge in [-0.2, -0.15) is 4.98 Å². The molecule has 0 unspecified atom stereocenters. The second-order valence-corrected chi connectivity index (χ2v) is 8.65. The van der Waals surface area contributed by atoms with E-state index in [0.29, 0.717) is 23.2 Å². The molecule has 0 radical (unpaired) electrons. The highest BCUT2D eigenvalue weighted by atomic mass is 16.5. The van der Waals surface area contributed by atoms with Crippen LogP contribution in [-0.4, -0.2) is 72.3 Å². The highest BCUT2D eigenvalue weighted by Crippen LogP contribution is 2.34. The van der Waals surface area contributed by atoms with E-state index in [1.807, 2.05) is 42.5 Å². The first-order valence-corrected chi connectivity index (χ1v) is 12.1. The Morgan fingerprint density at radius 3 is 2.38 bits per heavy atom. The molecule has 37 heavy (non-hydrogen) atoms. The molecule has 3 aromatic heterocycles. The fourth-order valence-electron chi connectivity index (χ4n) is 4.20. The monoisotopic (exact) mass is 498 g/mol. The predicted octanol–water partition coefficient (Wildman–Crippen LogP) is 4.19. The lowest BCUT2D eigenvalue weighted by Gasteiger charge is -2.34. The summed E-state index contributed by atoms with van der Waals surface area (Å²) in [5.41, 5.74) is 4.12. The van der Waals surface area contributed by atoms with Crippen molar-refractivity contribution in [2.75, 3.05) is 63.0 Å². The molecular weight excluding hydrogens is 468 g/mol. The van der Waals surface area contributed by atoms with E-state index in [0.717, 1.165) is 54.7 Å². The summed E-state index contributed by atoms with van der Waals surface area (Å²) in [5.74, 6) is 2.23. The average molecular weight is 499 g/mol. The van der Waals surface area contributed by atoms with Crippen molar-refractivity contribution in [3.8, 4) is 22.9 Å². The van der Waals surface area contributed by atoms with Crippen molar-refractivity contribution >= 4 is 28.8 Å². The van der Waals surface area contributed by atoms with Gasteiger partial charge in [-0.05, 0) is 43.4 Å². The number of piperazine rings is 1. The third-order valence-electron chi connectivity index (χ3n) is 6.22. The summed E-state index contributed by atoms with van der Waals surface area (Å²) in [6, 6.07) is 15.5. The van der Waals surface area contributed by atoms with Crippen LogP contribution in [0.2, 0.25) is 0 Å². The van der Waals surface area contributed by atoms with E-state index >= 15 is 0 Å². The molecule has 0 bridgehead atoms. The van der Waals surface area contributed by atoms with Gasteiger partial charge < -0.3 is 29.9 Å². The molecular formula is C27H30N8O2. The maximum atomic E-state index is 5.72. The Bertz CT molecular complexity index is 1340. The molecule has 1 aliphatic heterocycles. The molecule has 1 aromatic carbocycles. The summed E-state index contributed by atoms with van der Waals surface area (Å²) < 4.78 is 11.2. The van der Waals surface area contributed by atoms with Crippen LogP contribution in [0, 0.1) is 0 Å². The number of nitrogens with one attached hydrogen (secondary N) is 2. The van der Waals surface area contributed by atoms with Gasteiger partial charge in [-0.1, -0.05) is 6.07 Å². The Hall–Kier alpha value is -4.44. The Labute approximate surface area is 216 Å². The third-order valence-corrected chi connectivity index (χ3v) is 6.22. The molecule has 4 aromatic rings. The molecule has 190 valence electrons. The van der Waals surface area contributed by atoms with E-state index in [-0.39, 0.29) is 0 Å². The topological polar surface area (TPSA) is 101 Å². The van der Waals surface area contributed by atoms with E-state index in [2.05, 4.69) is 53.5 Å². The van der Waals surface area contributed by atoms with Crippen molar-refractivity contribution in [3.05, 3.63) is 67.1 Å². The minimum absolute atomic E-state index is 0.418. The number of anilines is 5. The fourth-order valence-corrected chi connectivity index (χ4v) is 4.20. The maximum absolute atomic E-state index is 5.72. The van der Waals surface area contributed by atoms with Crippen LogP contribution in [0.5, 0.6) is 11.5 Å². The van der Waals surface area contributed by atoms with Crippen LogP contribution in [0.1, 0.15) is 0 Å². The molecule has 10 heteroatoms. The number of ether oxygens (including phenoxy) is 2. The van der Waals surface area contributed by atoms with Crippen LogP contribution in [0.15, 0.2) is 67.1 Å². The van der Waals surface area contributed by atoms with E-state index in [4.69, 9.17) is 9.47 Å². The highest BCUT2D eigenvalue weighted by molar-refractivity contribution is 5.77. The second-order valence-electron chi connectivity index (χ2n) is 8.65. The van der Waals surface area contributed by atoms with Gasteiger partial charge in [0.1, 0.15) is 11.4 Å². The number of rotatable bonds is 8. The van der Waals surface area contributed by atoms with Gasteiger partial charge in [0.05, 0.1) is 37.5 Å². The van der Waals surface area contributed by atoms with Gasteiger partial charge >= 0.3 is 0 Å². The SMILES string of the molecule is COc1cc(Nc2ncc(OC)c(Nc3cccnc3-c3ccccn3)n2)ccc1N1CCN(C)CC1. The molecule has 10 nitrogen and oxygen atoms in total. The molecule has 0 spiro atoms. The molecule has 0 saturated carbocycles. The van der Waals surface area contributed by atoms with Crippen LogP contribution < -0.4 is 25.0 Å². The molecule has 1 saturated heterocycles. The van der Waals surface area contributed by atoms with Gasteiger partial charge in [-0.3, -0.25) is 9.97 Å². The zero-order valence-electron chi connectivity index (χ0n) is 21.2. The average Bonchev–Trinajstić information content (AvgIpc) is 2.94. The normalized spacial score (nSPS) is 13.8. The Balaban J connectivity index is 1.39. The number of pyridine rings is 2. The molecule has 0 amide bonds. The molecule has 1 fully saturated rings. The zero-order chi connectivity index (χ0) is 25.6. The predicted molar refractivity (Wildman–Crippen MR) is 145 cm³/mol. The van der Waals surface area contributed by atoms with E-state index in [1.54, 1.807) is 32.8 Å². The Morgan fingerprint density at radius 2 is 1.62 bits per heavy atom. The summed E-state index contributed by atoms with van der Waals surface area (Å²) >= 11 is 0. The van der Waals surface area contributed by atoms with Gasteiger partial charge in [0, 0.05) is 50.3 Å². The first-order valence-electron chi connectivity index (χ1n) is 12.1. The summed E-state index contributed by atoms with van der Waals surface area (Å²) in [5, 5.41) is 6.63. The van der Waals surface area contributed by atoms with E-state index in [1.165, 1.54) is 0 Å². The maximum Gasteiger partial charge on any atom is 0.229 e. The fraction of sp³-hybridized carbons (Fsp3) is 0.259. The van der Waals surface area contributed by atoms with Gasteiger partial charge in [-0.25, -0.2) is 4.98 Å². The van der Waals surface area contributed by atoms with Crippen molar-refractivity contribution < 1.29 is 9.47 Å². The number of nitrogens with zero attached hydrogens (tertiary/aromatic N) is 6. The molecule has 0 atom stereocenters. The molecule has 0 aliphatic carbocycles. The first-order chi connectivity index (χ1) is 18.1. The number of benzene rings is 1. The van der Waals surface area contributed by atoms with Crippen LogP contribution in [0.4, 0.5) is 28.8 Å². The number of hydrogen-bond donors (Lipinski definition) is 2. The van der Waals surface area contributed by atoms with Gasteiger partial charge in [0.15, 0.2) is 11.6 Å². The van der Waals surface area contributed by atoms with Crippen molar-refractivity contribution in [2.24, 2.45) is 0 Å². The van der Waals surface area contributed by atoms with Crippen LogP contribution in [0.25, 0.3) is 11.4 Å². The summed E-state index contributed by atoms with van der Waals surface area (Å²) in [6.07, 6.45) is 5.10. The van der Waals surface area contributed by atoms with Gasteiger partial charge in [0.25, 0.3) is 0 Å². The first kappa shape index (κ1) is 24.3. The largest absolute Gasteiger partial charge is 0.495 e. The molecule has 2 N–H and O–H groups in total. The summed E-state index contributed by atoms with van der Waals surface area (Å²) in [7, 11) is 5.42. The molecule has 4 heterocycles. The Morgan fingerprint density at radius 1 is 0.811 bits per heavy atom. The Kier molecular flexibility index (Phi) is 7.27. The van der Waals surface area contributed by atoms with Gasteiger partial charge in [0.2, 0.25) is 5.95 Å². The van der Waals surface area contributed by atoms with Crippen molar-refractivity contribution in [2.45, 2.75) is 0 Å². The quantitative estimate of drug-likeness (QED) is 0.368. The van der Waals surface area contributed by atoms with Crippen LogP contribution >= 0.6 is 0 Å². The number of aromatic nitrogens is 4. The smallest absolute Gasteiger partial charge is 0.229 e.